The van der Waals surface area contributed by atoms with E-state index >= 15 is 0 Å². The Morgan fingerprint density at radius 3 is 3.00 bits per heavy atom. The number of halogens is 2. The molecule has 0 aliphatic carbocycles. The Morgan fingerprint density at radius 1 is 1.52 bits per heavy atom. The molecular formula is C15H25BrIN3O2S. The van der Waals surface area contributed by atoms with Gasteiger partial charge in [0.15, 0.2) is 5.96 Å². The summed E-state index contributed by atoms with van der Waals surface area (Å²) in [6, 6.07) is 2.14. The third-order valence-corrected chi connectivity index (χ3v) is 5.32. The molecule has 1 saturated heterocycles. The fourth-order valence-electron chi connectivity index (χ4n) is 2.50. The zero-order valence-electron chi connectivity index (χ0n) is 13.6. The van der Waals surface area contributed by atoms with Gasteiger partial charge in [-0.1, -0.05) is 0 Å². The van der Waals surface area contributed by atoms with Crippen LogP contribution in [0.4, 0.5) is 0 Å². The van der Waals surface area contributed by atoms with Crippen molar-refractivity contribution in [2.75, 3.05) is 47.1 Å². The van der Waals surface area contributed by atoms with Crippen molar-refractivity contribution < 1.29 is 9.47 Å². The van der Waals surface area contributed by atoms with Crippen LogP contribution >= 0.6 is 51.2 Å². The Bertz CT molecular complexity index is 487. The number of aliphatic imine (C=N–C) groups is 1. The highest BCUT2D eigenvalue weighted by Crippen LogP contribution is 2.20. The lowest BCUT2D eigenvalue weighted by molar-refractivity contribution is 0.0536. The number of hydrogen-bond donors (Lipinski definition) is 1. The maximum atomic E-state index is 5.64. The molecule has 0 saturated carbocycles. The van der Waals surface area contributed by atoms with Crippen LogP contribution in [0.1, 0.15) is 11.3 Å². The molecule has 8 heteroatoms. The fraction of sp³-hybridized carbons (Fsp3) is 0.667. The van der Waals surface area contributed by atoms with Gasteiger partial charge < -0.3 is 19.7 Å². The van der Waals surface area contributed by atoms with Crippen molar-refractivity contribution in [1.29, 1.82) is 0 Å². The lowest BCUT2D eigenvalue weighted by atomic mass is 10.1. The number of ether oxygens (including phenoxy) is 2. The van der Waals surface area contributed by atoms with Crippen LogP contribution in [0.15, 0.2) is 20.9 Å². The zero-order chi connectivity index (χ0) is 15.8. The zero-order valence-corrected chi connectivity index (χ0v) is 18.3. The van der Waals surface area contributed by atoms with E-state index in [1.165, 1.54) is 4.88 Å². The van der Waals surface area contributed by atoms with E-state index in [0.29, 0.717) is 19.1 Å². The summed E-state index contributed by atoms with van der Waals surface area (Å²) in [6.07, 6.45) is 1.15. The molecule has 0 amide bonds. The highest BCUT2D eigenvalue weighted by atomic mass is 127. The minimum absolute atomic E-state index is 0. The van der Waals surface area contributed by atoms with Gasteiger partial charge in [0, 0.05) is 47.9 Å². The first-order chi connectivity index (χ1) is 10.7. The number of likely N-dealkylation sites (tertiary alicyclic amines) is 1. The first kappa shape index (κ1) is 21.1. The average Bonchev–Trinajstić information content (AvgIpc) is 3.14. The van der Waals surface area contributed by atoms with Crippen molar-refractivity contribution >= 4 is 57.2 Å². The molecule has 1 aliphatic rings. The van der Waals surface area contributed by atoms with Gasteiger partial charge >= 0.3 is 0 Å². The van der Waals surface area contributed by atoms with E-state index in [2.05, 4.69) is 42.6 Å². The summed E-state index contributed by atoms with van der Waals surface area (Å²) in [6.45, 7) is 4.99. The molecule has 132 valence electrons. The van der Waals surface area contributed by atoms with Gasteiger partial charge in [0.25, 0.3) is 0 Å². The average molecular weight is 518 g/mol. The molecule has 1 aromatic heterocycles. The molecule has 1 aliphatic heterocycles. The Labute approximate surface area is 168 Å². The lowest BCUT2D eigenvalue weighted by Crippen LogP contribution is -2.39. The highest BCUT2D eigenvalue weighted by Gasteiger charge is 2.24. The summed E-state index contributed by atoms with van der Waals surface area (Å²) >= 11 is 5.23. The normalized spacial score (nSPS) is 18.1. The Balaban J connectivity index is 0.00000264. The van der Waals surface area contributed by atoms with Crippen molar-refractivity contribution in [2.24, 2.45) is 10.9 Å². The van der Waals surface area contributed by atoms with Gasteiger partial charge in [-0.25, -0.2) is 0 Å². The molecule has 0 radical (unpaired) electrons. The highest BCUT2D eigenvalue weighted by molar-refractivity contribution is 14.0. The molecule has 2 heterocycles. The summed E-state index contributed by atoms with van der Waals surface area (Å²) in [7, 11) is 3.54. The quantitative estimate of drug-likeness (QED) is 0.261. The second-order valence-corrected chi connectivity index (χ2v) is 7.21. The van der Waals surface area contributed by atoms with Gasteiger partial charge in [-0.3, -0.25) is 4.99 Å². The summed E-state index contributed by atoms with van der Waals surface area (Å²) in [5.74, 6) is 1.55. The smallest absolute Gasteiger partial charge is 0.193 e. The van der Waals surface area contributed by atoms with Crippen LogP contribution in [-0.4, -0.2) is 57.9 Å². The molecule has 0 spiro atoms. The predicted molar refractivity (Wildman–Crippen MR) is 110 cm³/mol. The monoisotopic (exact) mass is 517 g/mol. The molecule has 1 atom stereocenters. The Morgan fingerprint density at radius 2 is 2.35 bits per heavy atom. The SMILES string of the molecule is CN=C(NCc1cc(Br)cs1)N1CCC(COCCOC)C1.I. The minimum atomic E-state index is 0. The molecule has 0 bridgehead atoms. The molecule has 1 unspecified atom stereocenters. The lowest BCUT2D eigenvalue weighted by Gasteiger charge is -2.21. The third kappa shape index (κ3) is 7.25. The van der Waals surface area contributed by atoms with Gasteiger partial charge in [-0.05, 0) is 28.4 Å². The van der Waals surface area contributed by atoms with Crippen LogP contribution < -0.4 is 5.32 Å². The van der Waals surface area contributed by atoms with Crippen LogP contribution in [0.25, 0.3) is 0 Å². The molecule has 1 N–H and O–H groups in total. The number of nitrogens with one attached hydrogen (secondary N) is 1. The van der Waals surface area contributed by atoms with Crippen LogP contribution in [0.2, 0.25) is 0 Å². The van der Waals surface area contributed by atoms with E-state index in [1.54, 1.807) is 18.4 Å². The second-order valence-electron chi connectivity index (χ2n) is 5.30. The summed E-state index contributed by atoms with van der Waals surface area (Å²) in [4.78, 5) is 8.01. The molecule has 1 fully saturated rings. The number of rotatable bonds is 7. The van der Waals surface area contributed by atoms with Gasteiger partial charge in [0.2, 0.25) is 0 Å². The molecule has 23 heavy (non-hydrogen) atoms. The number of nitrogens with zero attached hydrogens (tertiary/aromatic N) is 2. The Kier molecular flexibility index (Phi) is 10.7. The van der Waals surface area contributed by atoms with E-state index in [9.17, 15) is 0 Å². The molecule has 5 nitrogen and oxygen atoms in total. The van der Waals surface area contributed by atoms with Crippen molar-refractivity contribution in [3.05, 3.63) is 20.8 Å². The van der Waals surface area contributed by atoms with Crippen LogP contribution in [0.3, 0.4) is 0 Å². The van der Waals surface area contributed by atoms with E-state index in [0.717, 1.165) is 43.1 Å². The summed E-state index contributed by atoms with van der Waals surface area (Å²) < 4.78 is 11.8. The second kappa shape index (κ2) is 11.6. The topological polar surface area (TPSA) is 46.1 Å². The summed E-state index contributed by atoms with van der Waals surface area (Å²) in [5, 5.41) is 5.54. The standard InChI is InChI=1S/C15H24BrN3O2S.HI/c1-17-15(18-8-14-7-13(16)11-22-14)19-4-3-12(9-19)10-21-6-5-20-2;/h7,11-12H,3-6,8-10H2,1-2H3,(H,17,18);1H. The number of hydrogen-bond acceptors (Lipinski definition) is 4. The van der Waals surface area contributed by atoms with Gasteiger partial charge in [0.05, 0.1) is 26.4 Å². The molecule has 1 aromatic rings. The van der Waals surface area contributed by atoms with Crippen LogP contribution in [0, 0.1) is 5.92 Å². The van der Waals surface area contributed by atoms with Crippen LogP contribution in [0.5, 0.6) is 0 Å². The van der Waals surface area contributed by atoms with E-state index in [1.807, 2.05) is 7.05 Å². The van der Waals surface area contributed by atoms with Gasteiger partial charge in [-0.15, -0.1) is 35.3 Å². The molecule has 0 aromatic carbocycles. The number of thiophene rings is 1. The fourth-order valence-corrected chi connectivity index (χ4v) is 3.89. The first-order valence-electron chi connectivity index (χ1n) is 7.48. The number of guanidine groups is 1. The maximum absolute atomic E-state index is 5.64. The minimum Gasteiger partial charge on any atom is -0.382 e. The maximum Gasteiger partial charge on any atom is 0.193 e. The van der Waals surface area contributed by atoms with Crippen molar-refractivity contribution in [3.8, 4) is 0 Å². The molecule has 2 rings (SSSR count). The Hall–Kier alpha value is 0.1000. The van der Waals surface area contributed by atoms with Gasteiger partial charge in [0.1, 0.15) is 0 Å². The van der Waals surface area contributed by atoms with Crippen molar-refractivity contribution in [1.82, 2.24) is 10.2 Å². The first-order valence-corrected chi connectivity index (χ1v) is 9.15. The largest absolute Gasteiger partial charge is 0.382 e. The molecular weight excluding hydrogens is 493 g/mol. The van der Waals surface area contributed by atoms with E-state index in [-0.39, 0.29) is 24.0 Å². The van der Waals surface area contributed by atoms with Gasteiger partial charge in [-0.2, -0.15) is 0 Å². The predicted octanol–water partition coefficient (Wildman–Crippen LogP) is 3.19. The van der Waals surface area contributed by atoms with Crippen LogP contribution in [-0.2, 0) is 16.0 Å². The van der Waals surface area contributed by atoms with E-state index in [4.69, 9.17) is 9.47 Å². The van der Waals surface area contributed by atoms with Crippen molar-refractivity contribution in [3.63, 3.8) is 0 Å². The number of methoxy groups -OCH3 is 1. The summed E-state index contributed by atoms with van der Waals surface area (Å²) in [5.41, 5.74) is 0. The van der Waals surface area contributed by atoms with Crippen molar-refractivity contribution in [2.45, 2.75) is 13.0 Å². The third-order valence-electron chi connectivity index (χ3n) is 3.63. The van der Waals surface area contributed by atoms with E-state index < -0.39 is 0 Å².